The van der Waals surface area contributed by atoms with Gasteiger partial charge in [-0.25, -0.2) is 9.97 Å². The van der Waals surface area contributed by atoms with Crippen LogP contribution in [-0.4, -0.2) is 58.4 Å². The van der Waals surface area contributed by atoms with Gasteiger partial charge in [0, 0.05) is 25.3 Å². The second-order valence-corrected chi connectivity index (χ2v) is 7.63. The molecule has 1 saturated carbocycles. The summed E-state index contributed by atoms with van der Waals surface area (Å²) in [6.45, 7) is 1.33. The normalized spacial score (nSPS) is 26.9. The third-order valence-electron chi connectivity index (χ3n) is 5.73. The molecule has 138 valence electrons. The highest BCUT2D eigenvalue weighted by molar-refractivity contribution is 5.92. The van der Waals surface area contributed by atoms with Crippen molar-refractivity contribution in [3.63, 3.8) is 0 Å². The molecule has 1 aromatic rings. The smallest absolute Gasteiger partial charge is 0.306 e. The van der Waals surface area contributed by atoms with Crippen LogP contribution in [0.1, 0.15) is 42.6 Å². The minimum atomic E-state index is -0.393. The molecule has 3 heterocycles. The summed E-state index contributed by atoms with van der Waals surface area (Å²) in [6, 6.07) is 1.45. The molecule has 8 nitrogen and oxygen atoms in total. The van der Waals surface area contributed by atoms with Gasteiger partial charge in [-0.1, -0.05) is 6.42 Å². The Bertz CT molecular complexity index is 719. The quantitative estimate of drug-likeness (QED) is 0.792. The number of likely N-dealkylation sites (tertiary alicyclic amines) is 1. The molecule has 2 unspecified atom stereocenters. The summed E-state index contributed by atoms with van der Waals surface area (Å²) in [4.78, 5) is 46.2. The molecule has 2 amide bonds. The highest BCUT2D eigenvalue weighted by Crippen LogP contribution is 2.47. The van der Waals surface area contributed by atoms with Gasteiger partial charge in [0.05, 0.1) is 12.3 Å². The van der Waals surface area contributed by atoms with Crippen LogP contribution < -0.4 is 5.32 Å². The number of ether oxygens (including phenoxy) is 1. The summed E-state index contributed by atoms with van der Waals surface area (Å²) in [6.07, 6.45) is 7.18. The number of nitrogens with one attached hydrogen (secondary N) is 1. The molecule has 0 radical (unpaired) electrons. The minimum Gasteiger partial charge on any atom is -0.465 e. The van der Waals surface area contributed by atoms with Gasteiger partial charge in [0.25, 0.3) is 5.91 Å². The molecule has 8 heteroatoms. The molecule has 4 rings (SSSR count). The zero-order chi connectivity index (χ0) is 18.1. The Hall–Kier alpha value is -2.51. The van der Waals surface area contributed by atoms with Crippen molar-refractivity contribution in [3.05, 3.63) is 24.3 Å². The van der Waals surface area contributed by atoms with Crippen molar-refractivity contribution in [1.29, 1.82) is 0 Å². The van der Waals surface area contributed by atoms with Crippen molar-refractivity contribution in [1.82, 2.24) is 20.2 Å². The lowest BCUT2D eigenvalue weighted by molar-refractivity contribution is -0.142. The zero-order valence-corrected chi connectivity index (χ0v) is 14.5. The molecule has 1 spiro atoms. The fourth-order valence-corrected chi connectivity index (χ4v) is 4.30. The molecule has 3 fully saturated rings. The molecule has 2 atom stereocenters. The van der Waals surface area contributed by atoms with Crippen molar-refractivity contribution in [2.75, 3.05) is 19.7 Å². The number of rotatable bonds is 3. The van der Waals surface area contributed by atoms with E-state index in [0.29, 0.717) is 18.8 Å². The summed E-state index contributed by atoms with van der Waals surface area (Å²) in [5, 5.41) is 3.02. The van der Waals surface area contributed by atoms with Gasteiger partial charge in [-0.2, -0.15) is 0 Å². The minimum absolute atomic E-state index is 0.0388. The van der Waals surface area contributed by atoms with Crippen LogP contribution in [0.15, 0.2) is 18.6 Å². The van der Waals surface area contributed by atoms with E-state index in [-0.39, 0.29) is 42.3 Å². The van der Waals surface area contributed by atoms with Crippen molar-refractivity contribution >= 4 is 17.8 Å². The highest BCUT2D eigenvalue weighted by Gasteiger charge is 2.47. The van der Waals surface area contributed by atoms with Crippen LogP contribution in [0.5, 0.6) is 0 Å². The average Bonchev–Trinajstić information content (AvgIpc) is 3.06. The average molecular weight is 358 g/mol. The molecule has 1 N–H and O–H groups in total. The lowest BCUT2D eigenvalue weighted by atomic mass is 9.63. The van der Waals surface area contributed by atoms with Crippen LogP contribution in [0, 0.1) is 11.3 Å². The largest absolute Gasteiger partial charge is 0.465 e. The SMILES string of the molecule is O=C1CC(C(=O)N2CC(NC(=O)c3ccncn3)CC3(CCC3)C2)CO1. The Balaban J connectivity index is 1.46. The molecule has 0 bridgehead atoms. The first-order valence-corrected chi connectivity index (χ1v) is 9.06. The molecule has 2 saturated heterocycles. The van der Waals surface area contributed by atoms with Crippen molar-refractivity contribution in [2.24, 2.45) is 11.3 Å². The molecule has 3 aliphatic rings. The Morgan fingerprint density at radius 2 is 2.19 bits per heavy atom. The van der Waals surface area contributed by atoms with E-state index in [1.807, 2.05) is 4.90 Å². The lowest BCUT2D eigenvalue weighted by Gasteiger charge is -2.51. The second kappa shape index (κ2) is 6.66. The van der Waals surface area contributed by atoms with Crippen molar-refractivity contribution in [3.8, 4) is 0 Å². The van der Waals surface area contributed by atoms with Crippen LogP contribution in [0.3, 0.4) is 0 Å². The first kappa shape index (κ1) is 16.9. The second-order valence-electron chi connectivity index (χ2n) is 7.63. The van der Waals surface area contributed by atoms with E-state index in [1.165, 1.54) is 12.5 Å². The predicted octanol–water partition coefficient (Wildman–Crippen LogP) is 0.541. The standard InChI is InChI=1S/C18H22N4O4/c23-15-6-12(9-26-15)17(25)22-8-13(7-18(10-22)3-1-4-18)21-16(24)14-2-5-19-11-20-14/h2,5,11-13H,1,3-4,6-10H2,(H,21,24). The summed E-state index contributed by atoms with van der Waals surface area (Å²) < 4.78 is 4.95. The van der Waals surface area contributed by atoms with Crippen LogP contribution in [-0.2, 0) is 14.3 Å². The number of piperidine rings is 1. The third kappa shape index (κ3) is 3.27. The van der Waals surface area contributed by atoms with E-state index < -0.39 is 5.92 Å². The van der Waals surface area contributed by atoms with E-state index in [2.05, 4.69) is 15.3 Å². The van der Waals surface area contributed by atoms with Gasteiger partial charge in [0.1, 0.15) is 18.6 Å². The van der Waals surface area contributed by atoms with Crippen molar-refractivity contribution in [2.45, 2.75) is 38.1 Å². The molecule has 26 heavy (non-hydrogen) atoms. The van der Waals surface area contributed by atoms with E-state index in [9.17, 15) is 14.4 Å². The highest BCUT2D eigenvalue weighted by atomic mass is 16.5. The lowest BCUT2D eigenvalue weighted by Crippen LogP contribution is -2.59. The summed E-state index contributed by atoms with van der Waals surface area (Å²) in [7, 11) is 0. The van der Waals surface area contributed by atoms with Gasteiger partial charge in [-0.15, -0.1) is 0 Å². The summed E-state index contributed by atoms with van der Waals surface area (Å²) >= 11 is 0. The molecule has 0 aromatic carbocycles. The monoisotopic (exact) mass is 358 g/mol. The Labute approximate surface area is 151 Å². The van der Waals surface area contributed by atoms with E-state index in [1.54, 1.807) is 6.07 Å². The number of hydrogen-bond acceptors (Lipinski definition) is 6. The predicted molar refractivity (Wildman–Crippen MR) is 89.8 cm³/mol. The van der Waals surface area contributed by atoms with Crippen LogP contribution >= 0.6 is 0 Å². The van der Waals surface area contributed by atoms with Gasteiger partial charge >= 0.3 is 5.97 Å². The molecule has 1 aromatic heterocycles. The maximum absolute atomic E-state index is 12.8. The maximum Gasteiger partial charge on any atom is 0.306 e. The number of amides is 2. The number of carbonyl (C=O) groups is 3. The number of carbonyl (C=O) groups excluding carboxylic acids is 3. The fourth-order valence-electron chi connectivity index (χ4n) is 4.30. The van der Waals surface area contributed by atoms with Gasteiger partial charge in [0.15, 0.2) is 0 Å². The molecule has 2 aliphatic heterocycles. The first-order chi connectivity index (χ1) is 12.5. The van der Waals surface area contributed by atoms with Gasteiger partial charge in [-0.05, 0) is 30.7 Å². The number of esters is 1. The van der Waals surface area contributed by atoms with Crippen LogP contribution in [0.2, 0.25) is 0 Å². The number of aromatic nitrogens is 2. The maximum atomic E-state index is 12.8. The van der Waals surface area contributed by atoms with E-state index in [4.69, 9.17) is 4.74 Å². The Kier molecular flexibility index (Phi) is 4.34. The van der Waals surface area contributed by atoms with Crippen LogP contribution in [0.25, 0.3) is 0 Å². The first-order valence-electron chi connectivity index (χ1n) is 9.06. The summed E-state index contributed by atoms with van der Waals surface area (Å²) in [5.41, 5.74) is 0.405. The number of cyclic esters (lactones) is 1. The third-order valence-corrected chi connectivity index (χ3v) is 5.73. The molecular weight excluding hydrogens is 336 g/mol. The van der Waals surface area contributed by atoms with Crippen LogP contribution in [0.4, 0.5) is 0 Å². The fraction of sp³-hybridized carbons (Fsp3) is 0.611. The van der Waals surface area contributed by atoms with Gasteiger partial charge < -0.3 is 15.0 Å². The van der Waals surface area contributed by atoms with Crippen molar-refractivity contribution < 1.29 is 19.1 Å². The molecule has 1 aliphatic carbocycles. The molecular formula is C18H22N4O4. The Morgan fingerprint density at radius 3 is 2.81 bits per heavy atom. The number of nitrogens with zero attached hydrogens (tertiary/aromatic N) is 3. The Morgan fingerprint density at radius 1 is 1.35 bits per heavy atom. The van der Waals surface area contributed by atoms with Gasteiger partial charge in [0.2, 0.25) is 5.91 Å². The van der Waals surface area contributed by atoms with E-state index >= 15 is 0 Å². The number of hydrogen-bond donors (Lipinski definition) is 1. The summed E-state index contributed by atoms with van der Waals surface area (Å²) in [5.74, 6) is -0.994. The topological polar surface area (TPSA) is 101 Å². The van der Waals surface area contributed by atoms with Gasteiger partial charge in [-0.3, -0.25) is 14.4 Å². The zero-order valence-electron chi connectivity index (χ0n) is 14.5. The van der Waals surface area contributed by atoms with E-state index in [0.717, 1.165) is 25.7 Å².